The fraction of sp³-hybridized carbons (Fsp3) is 0.875. The average molecular weight is 142 g/mol. The monoisotopic (exact) mass is 142 g/mol. The Labute approximate surface area is 59.6 Å². The van der Waals surface area contributed by atoms with Crippen molar-refractivity contribution in [3.05, 3.63) is 0 Å². The van der Waals surface area contributed by atoms with E-state index in [0.717, 1.165) is 19.3 Å². The molecular weight excluding hydrogens is 131 g/mol. The molecule has 10 heavy (non-hydrogen) atoms. The summed E-state index contributed by atoms with van der Waals surface area (Å²) in [4.78, 5) is 10.9. The lowest BCUT2D eigenvalue weighted by atomic mass is 9.87. The van der Waals surface area contributed by atoms with E-state index in [-0.39, 0.29) is 11.7 Å². The summed E-state index contributed by atoms with van der Waals surface area (Å²) in [6.07, 6.45) is 2.39. The minimum atomic E-state index is -1.11. The minimum Gasteiger partial charge on any atom is -0.296 e. The quantitative estimate of drug-likeness (QED) is 0.503. The number of fused-ring (bicyclic) bond motifs is 2. The third-order valence-electron chi connectivity index (χ3n) is 2.79. The Kier molecular flexibility index (Phi) is 1.29. The van der Waals surface area contributed by atoms with Crippen LogP contribution in [0, 0.1) is 11.8 Å². The van der Waals surface area contributed by atoms with E-state index >= 15 is 0 Å². The minimum absolute atomic E-state index is 0.0891. The Morgan fingerprint density at radius 3 is 3.00 bits per heavy atom. The Hall–Kier alpha value is -0.400. The van der Waals surface area contributed by atoms with E-state index in [2.05, 4.69) is 0 Å². The van der Waals surface area contributed by atoms with E-state index in [9.17, 15) is 9.18 Å². The van der Waals surface area contributed by atoms with Crippen LogP contribution < -0.4 is 0 Å². The van der Waals surface area contributed by atoms with E-state index in [1.165, 1.54) is 0 Å². The highest BCUT2D eigenvalue weighted by Gasteiger charge is 2.40. The molecular formula is C8H11FO. The molecule has 0 saturated heterocycles. The summed E-state index contributed by atoms with van der Waals surface area (Å²) < 4.78 is 12.9. The van der Waals surface area contributed by atoms with Crippen molar-refractivity contribution < 1.29 is 9.18 Å². The van der Waals surface area contributed by atoms with Gasteiger partial charge < -0.3 is 0 Å². The maximum absolute atomic E-state index is 12.9. The van der Waals surface area contributed by atoms with Crippen molar-refractivity contribution >= 4 is 5.78 Å². The molecule has 2 aliphatic carbocycles. The predicted octanol–water partition coefficient (Wildman–Crippen LogP) is 1.71. The molecule has 2 aliphatic rings. The smallest absolute Gasteiger partial charge is 0.167 e. The van der Waals surface area contributed by atoms with Crippen LogP contribution in [0.2, 0.25) is 0 Å². The fourth-order valence-electron chi connectivity index (χ4n) is 2.22. The molecule has 0 aliphatic heterocycles. The zero-order valence-corrected chi connectivity index (χ0v) is 5.85. The lowest BCUT2D eigenvalue weighted by molar-refractivity contribution is -0.128. The molecule has 56 valence electrons. The van der Waals surface area contributed by atoms with Crippen LogP contribution in [0.15, 0.2) is 0 Å². The number of halogens is 1. The Morgan fingerprint density at radius 1 is 1.40 bits per heavy atom. The van der Waals surface area contributed by atoms with E-state index in [0.29, 0.717) is 12.3 Å². The highest BCUT2D eigenvalue weighted by molar-refractivity contribution is 5.84. The van der Waals surface area contributed by atoms with Gasteiger partial charge in [0.2, 0.25) is 0 Å². The number of carbonyl (C=O) groups is 1. The van der Waals surface area contributed by atoms with Crippen LogP contribution in [-0.4, -0.2) is 12.0 Å². The third-order valence-corrected chi connectivity index (χ3v) is 2.79. The molecule has 0 amide bonds. The molecule has 0 unspecified atom stereocenters. The summed E-state index contributed by atoms with van der Waals surface area (Å²) in [6, 6.07) is 0. The molecule has 0 heterocycles. The molecule has 2 fully saturated rings. The van der Waals surface area contributed by atoms with Gasteiger partial charge in [0.1, 0.15) is 0 Å². The van der Waals surface area contributed by atoms with Gasteiger partial charge >= 0.3 is 0 Å². The molecule has 2 bridgehead atoms. The van der Waals surface area contributed by atoms with Crippen molar-refractivity contribution in [3.8, 4) is 0 Å². The number of hydrogen-bond acceptors (Lipinski definition) is 1. The molecule has 2 heteroatoms. The fourth-order valence-corrected chi connectivity index (χ4v) is 2.22. The topological polar surface area (TPSA) is 17.1 Å². The van der Waals surface area contributed by atoms with Gasteiger partial charge in [0, 0.05) is 6.42 Å². The number of Topliss-reactive ketones (excluding diaryl/α,β-unsaturated/α-hetero) is 1. The van der Waals surface area contributed by atoms with Gasteiger partial charge in [0.15, 0.2) is 12.0 Å². The Bertz CT molecular complexity index is 167. The van der Waals surface area contributed by atoms with Gasteiger partial charge in [-0.2, -0.15) is 0 Å². The summed E-state index contributed by atoms with van der Waals surface area (Å²) in [7, 11) is 0. The first-order valence-corrected chi connectivity index (χ1v) is 3.94. The van der Waals surface area contributed by atoms with Crippen LogP contribution in [0.4, 0.5) is 4.39 Å². The summed E-state index contributed by atoms with van der Waals surface area (Å²) >= 11 is 0. The van der Waals surface area contributed by atoms with Crippen molar-refractivity contribution in [2.24, 2.45) is 11.8 Å². The first-order valence-electron chi connectivity index (χ1n) is 3.94. The molecule has 0 N–H and O–H groups in total. The summed E-state index contributed by atoms with van der Waals surface area (Å²) in [5, 5.41) is 0. The lowest BCUT2D eigenvalue weighted by Gasteiger charge is -2.20. The molecule has 0 aromatic carbocycles. The van der Waals surface area contributed by atoms with Crippen molar-refractivity contribution in [2.45, 2.75) is 31.9 Å². The van der Waals surface area contributed by atoms with Gasteiger partial charge in [0.25, 0.3) is 0 Å². The van der Waals surface area contributed by atoms with Crippen LogP contribution >= 0.6 is 0 Å². The average Bonchev–Trinajstić information content (AvgIpc) is 2.29. The zero-order chi connectivity index (χ0) is 7.14. The van der Waals surface area contributed by atoms with E-state index < -0.39 is 6.17 Å². The molecule has 0 aromatic rings. The van der Waals surface area contributed by atoms with Gasteiger partial charge in [-0.25, -0.2) is 4.39 Å². The maximum atomic E-state index is 12.9. The molecule has 2 rings (SSSR count). The standard InChI is InChI=1S/C8H11FO/c9-8-6-2-1-5(3-6)4-7(8)10/h5-6,8H,1-4H2/t5-,6+,8+/m0/s1. The van der Waals surface area contributed by atoms with Gasteiger partial charge in [-0.15, -0.1) is 0 Å². The second kappa shape index (κ2) is 2.04. The Morgan fingerprint density at radius 2 is 2.20 bits per heavy atom. The summed E-state index contributed by atoms with van der Waals surface area (Å²) in [5.74, 6) is 0.481. The van der Waals surface area contributed by atoms with Crippen molar-refractivity contribution in [1.82, 2.24) is 0 Å². The predicted molar refractivity (Wildman–Crippen MR) is 35.4 cm³/mol. The summed E-state index contributed by atoms with van der Waals surface area (Å²) in [5.41, 5.74) is 0. The number of hydrogen-bond donors (Lipinski definition) is 0. The molecule has 0 aromatic heterocycles. The second-order valence-corrected chi connectivity index (χ2v) is 3.51. The van der Waals surface area contributed by atoms with Crippen molar-refractivity contribution in [1.29, 1.82) is 0 Å². The van der Waals surface area contributed by atoms with Crippen LogP contribution in [0.1, 0.15) is 25.7 Å². The maximum Gasteiger partial charge on any atom is 0.167 e. The van der Waals surface area contributed by atoms with E-state index in [1.54, 1.807) is 0 Å². The van der Waals surface area contributed by atoms with Gasteiger partial charge in [-0.1, -0.05) is 0 Å². The molecule has 2 saturated carbocycles. The second-order valence-electron chi connectivity index (χ2n) is 3.51. The van der Waals surface area contributed by atoms with Crippen molar-refractivity contribution in [2.75, 3.05) is 0 Å². The molecule has 1 nitrogen and oxygen atoms in total. The van der Waals surface area contributed by atoms with Gasteiger partial charge in [-0.3, -0.25) is 4.79 Å². The normalized spacial score (nSPS) is 46.1. The van der Waals surface area contributed by atoms with E-state index in [4.69, 9.17) is 0 Å². The van der Waals surface area contributed by atoms with Gasteiger partial charge in [0.05, 0.1) is 0 Å². The van der Waals surface area contributed by atoms with Crippen molar-refractivity contribution in [3.63, 3.8) is 0 Å². The number of alkyl halides is 1. The van der Waals surface area contributed by atoms with Crippen LogP contribution in [0.3, 0.4) is 0 Å². The van der Waals surface area contributed by atoms with Crippen LogP contribution in [0.25, 0.3) is 0 Å². The SMILES string of the molecule is O=C1C[C@H]2CC[C@H](C2)[C@H]1F. The number of ketones is 1. The first kappa shape index (κ1) is 6.32. The van der Waals surface area contributed by atoms with Crippen LogP contribution in [0.5, 0.6) is 0 Å². The highest BCUT2D eigenvalue weighted by Crippen LogP contribution is 2.41. The zero-order valence-electron chi connectivity index (χ0n) is 5.85. The summed E-state index contributed by atoms with van der Waals surface area (Å²) in [6.45, 7) is 0. The van der Waals surface area contributed by atoms with E-state index in [1.807, 2.05) is 0 Å². The van der Waals surface area contributed by atoms with Gasteiger partial charge in [-0.05, 0) is 31.1 Å². The molecule has 0 radical (unpaired) electrons. The first-order chi connectivity index (χ1) is 4.77. The number of rotatable bonds is 0. The number of carbonyl (C=O) groups excluding carboxylic acids is 1. The van der Waals surface area contributed by atoms with Crippen LogP contribution in [-0.2, 0) is 4.79 Å². The highest BCUT2D eigenvalue weighted by atomic mass is 19.1. The molecule has 0 spiro atoms. The third kappa shape index (κ3) is 0.780. The largest absolute Gasteiger partial charge is 0.296 e. The lowest BCUT2D eigenvalue weighted by Crippen LogP contribution is -2.28. The molecule has 3 atom stereocenters. The Balaban J connectivity index is 2.17.